The summed E-state index contributed by atoms with van der Waals surface area (Å²) in [5, 5.41) is 0. The molecule has 0 bridgehead atoms. The summed E-state index contributed by atoms with van der Waals surface area (Å²) in [6.07, 6.45) is 1.31. The van der Waals surface area contributed by atoms with Gasteiger partial charge in [0.1, 0.15) is 5.75 Å². The average Bonchev–Trinajstić information content (AvgIpc) is 2.55. The molecule has 2 aromatic rings. The summed E-state index contributed by atoms with van der Waals surface area (Å²) in [7, 11) is 0. The monoisotopic (exact) mass is 662 g/mol. The molecule has 128 valence electrons. The molecule has 0 radical (unpaired) electrons. The third-order valence-electron chi connectivity index (χ3n) is 3.68. The van der Waals surface area contributed by atoms with Gasteiger partial charge in [-0.1, -0.05) is 6.92 Å². The second-order valence-corrected chi connectivity index (χ2v) is 8.75. The van der Waals surface area contributed by atoms with Crippen LogP contribution in [0.15, 0.2) is 30.3 Å². The Balaban J connectivity index is 2.19. The minimum Gasteiger partial charge on any atom is -0.426 e. The first-order chi connectivity index (χ1) is 11.3. The molecule has 0 amide bonds. The van der Waals surface area contributed by atoms with Crippen LogP contribution < -0.4 is 16.2 Å². The van der Waals surface area contributed by atoms with Gasteiger partial charge in [0.15, 0.2) is 0 Å². The van der Waals surface area contributed by atoms with Crippen LogP contribution in [0.3, 0.4) is 0 Å². The van der Waals surface area contributed by atoms with Gasteiger partial charge in [-0.15, -0.1) is 0 Å². The number of esters is 1. The SMILES string of the molecule is CCC(Cc1c(I)cc(I)c(N)c1I)C(=O)Oc1ccc(N)cc1. The molecule has 0 fully saturated rings. The van der Waals surface area contributed by atoms with E-state index in [0.29, 0.717) is 24.3 Å². The zero-order chi connectivity index (χ0) is 17.9. The average molecular weight is 662 g/mol. The molecule has 0 saturated heterocycles. The van der Waals surface area contributed by atoms with E-state index in [9.17, 15) is 4.79 Å². The van der Waals surface area contributed by atoms with Gasteiger partial charge in [-0.25, -0.2) is 0 Å². The fourth-order valence-electron chi connectivity index (χ4n) is 2.21. The summed E-state index contributed by atoms with van der Waals surface area (Å²) in [6, 6.07) is 8.89. The minimum atomic E-state index is -0.231. The van der Waals surface area contributed by atoms with Crippen molar-refractivity contribution in [3.63, 3.8) is 0 Å². The van der Waals surface area contributed by atoms with Crippen LogP contribution in [0.2, 0.25) is 0 Å². The first-order valence-corrected chi connectivity index (χ1v) is 10.6. The Morgan fingerprint density at radius 2 is 1.75 bits per heavy atom. The van der Waals surface area contributed by atoms with Gasteiger partial charge in [-0.05, 0) is 117 Å². The molecule has 24 heavy (non-hydrogen) atoms. The Kier molecular flexibility index (Phi) is 7.40. The number of nitrogens with two attached hydrogens (primary N) is 2. The van der Waals surface area contributed by atoms with Crippen LogP contribution in [-0.2, 0) is 11.2 Å². The van der Waals surface area contributed by atoms with Crippen LogP contribution in [0.5, 0.6) is 5.75 Å². The second kappa shape index (κ2) is 8.88. The molecule has 1 unspecified atom stereocenters. The highest BCUT2D eigenvalue weighted by Gasteiger charge is 2.23. The van der Waals surface area contributed by atoms with Crippen molar-refractivity contribution in [2.45, 2.75) is 19.8 Å². The van der Waals surface area contributed by atoms with E-state index in [2.05, 4.69) is 67.8 Å². The molecule has 2 aromatic carbocycles. The molecule has 4 N–H and O–H groups in total. The van der Waals surface area contributed by atoms with Crippen LogP contribution in [0.1, 0.15) is 18.9 Å². The number of benzene rings is 2. The predicted molar refractivity (Wildman–Crippen MR) is 123 cm³/mol. The minimum absolute atomic E-state index is 0.218. The normalized spacial score (nSPS) is 12.0. The maximum Gasteiger partial charge on any atom is 0.314 e. The maximum atomic E-state index is 12.5. The molecule has 0 heterocycles. The third kappa shape index (κ3) is 4.87. The highest BCUT2D eigenvalue weighted by Crippen LogP contribution is 2.32. The van der Waals surface area contributed by atoms with Crippen molar-refractivity contribution < 1.29 is 9.53 Å². The van der Waals surface area contributed by atoms with E-state index in [1.807, 2.05) is 13.0 Å². The highest BCUT2D eigenvalue weighted by molar-refractivity contribution is 14.1. The quantitative estimate of drug-likeness (QED) is 0.208. The number of anilines is 2. The number of hydrogen-bond donors (Lipinski definition) is 2. The number of carbonyl (C=O) groups is 1. The van der Waals surface area contributed by atoms with Crippen molar-refractivity contribution in [1.29, 1.82) is 0 Å². The first kappa shape index (κ1) is 20.0. The molecule has 0 aromatic heterocycles. The fraction of sp³-hybridized carbons (Fsp3) is 0.235. The molecule has 0 aliphatic rings. The van der Waals surface area contributed by atoms with E-state index >= 15 is 0 Å². The van der Waals surface area contributed by atoms with Gasteiger partial charge in [0.25, 0.3) is 0 Å². The second-order valence-electron chi connectivity index (χ2n) is 5.35. The van der Waals surface area contributed by atoms with Crippen LogP contribution in [0, 0.1) is 16.6 Å². The molecule has 0 spiro atoms. The summed E-state index contributed by atoms with van der Waals surface area (Å²) >= 11 is 6.78. The fourth-order valence-corrected chi connectivity index (χ4v) is 6.02. The molecule has 0 saturated carbocycles. The van der Waals surface area contributed by atoms with Gasteiger partial charge in [0, 0.05) is 16.4 Å². The van der Waals surface area contributed by atoms with Crippen molar-refractivity contribution in [2.24, 2.45) is 5.92 Å². The maximum absolute atomic E-state index is 12.5. The van der Waals surface area contributed by atoms with Crippen molar-refractivity contribution in [2.75, 3.05) is 11.5 Å². The van der Waals surface area contributed by atoms with Crippen molar-refractivity contribution in [1.82, 2.24) is 0 Å². The Hall–Kier alpha value is -0.300. The number of carbonyl (C=O) groups excluding carboxylic acids is 1. The number of rotatable bonds is 5. The smallest absolute Gasteiger partial charge is 0.314 e. The molecular weight excluding hydrogens is 645 g/mol. The Labute approximate surface area is 182 Å². The van der Waals surface area contributed by atoms with Crippen LogP contribution >= 0.6 is 67.8 Å². The summed E-state index contributed by atoms with van der Waals surface area (Å²) < 4.78 is 8.66. The van der Waals surface area contributed by atoms with Crippen molar-refractivity contribution >= 4 is 85.1 Å². The molecule has 4 nitrogen and oxygen atoms in total. The van der Waals surface area contributed by atoms with E-state index < -0.39 is 0 Å². The van der Waals surface area contributed by atoms with Gasteiger partial charge in [-0.2, -0.15) is 0 Å². The Bertz CT molecular complexity index is 748. The summed E-state index contributed by atoms with van der Waals surface area (Å²) in [5.41, 5.74) is 14.3. The van der Waals surface area contributed by atoms with E-state index in [0.717, 1.165) is 22.0 Å². The molecule has 0 aliphatic carbocycles. The Morgan fingerprint density at radius 3 is 2.33 bits per heavy atom. The summed E-state index contributed by atoms with van der Waals surface area (Å²) in [6.45, 7) is 1.99. The standard InChI is InChI=1S/C17H17I3N2O2/c1-2-9(17(23)24-11-5-3-10(21)4-6-11)7-12-13(18)8-14(19)16(22)15(12)20/h3-6,8-9H,2,7,21-22H2,1H3. The van der Waals surface area contributed by atoms with Gasteiger partial charge in [-0.3, -0.25) is 4.79 Å². The summed E-state index contributed by atoms with van der Waals surface area (Å²) in [4.78, 5) is 12.5. The van der Waals surface area contributed by atoms with E-state index in [1.54, 1.807) is 24.3 Å². The number of halogens is 3. The lowest BCUT2D eigenvalue weighted by atomic mass is 9.96. The van der Waals surface area contributed by atoms with Crippen LogP contribution in [0.4, 0.5) is 11.4 Å². The summed E-state index contributed by atoms with van der Waals surface area (Å²) in [5.74, 6) is 0.0641. The van der Waals surface area contributed by atoms with Gasteiger partial charge in [0.2, 0.25) is 0 Å². The van der Waals surface area contributed by atoms with E-state index in [4.69, 9.17) is 16.2 Å². The molecular formula is C17H17I3N2O2. The first-order valence-electron chi connectivity index (χ1n) is 7.32. The zero-order valence-corrected chi connectivity index (χ0v) is 19.5. The van der Waals surface area contributed by atoms with E-state index in [-0.39, 0.29) is 11.9 Å². The lowest BCUT2D eigenvalue weighted by Gasteiger charge is -2.17. The molecule has 7 heteroatoms. The number of ether oxygens (including phenoxy) is 1. The molecule has 0 aliphatic heterocycles. The highest BCUT2D eigenvalue weighted by atomic mass is 127. The largest absolute Gasteiger partial charge is 0.426 e. The van der Waals surface area contributed by atoms with Crippen molar-refractivity contribution in [3.05, 3.63) is 46.6 Å². The number of hydrogen-bond acceptors (Lipinski definition) is 4. The van der Waals surface area contributed by atoms with Gasteiger partial charge >= 0.3 is 5.97 Å². The predicted octanol–water partition coefficient (Wildman–Crippen LogP) is 4.84. The van der Waals surface area contributed by atoms with Crippen LogP contribution in [-0.4, -0.2) is 5.97 Å². The van der Waals surface area contributed by atoms with Crippen LogP contribution in [0.25, 0.3) is 0 Å². The van der Waals surface area contributed by atoms with Gasteiger partial charge < -0.3 is 16.2 Å². The topological polar surface area (TPSA) is 78.3 Å². The van der Waals surface area contributed by atoms with Gasteiger partial charge in [0.05, 0.1) is 11.6 Å². The molecule has 2 rings (SSSR count). The van der Waals surface area contributed by atoms with Crippen molar-refractivity contribution in [3.8, 4) is 5.75 Å². The number of nitrogen functional groups attached to an aromatic ring is 2. The zero-order valence-electron chi connectivity index (χ0n) is 13.0. The lowest BCUT2D eigenvalue weighted by Crippen LogP contribution is -2.23. The third-order valence-corrected chi connectivity index (χ3v) is 6.76. The molecule has 1 atom stereocenters. The Morgan fingerprint density at radius 1 is 1.12 bits per heavy atom. The van der Waals surface area contributed by atoms with E-state index in [1.165, 1.54) is 0 Å². The lowest BCUT2D eigenvalue weighted by molar-refractivity contribution is -0.139.